The largest absolute Gasteiger partial charge is 0.339 e. The number of carbonyl (C=O) groups is 2. The number of nitrogens with zero attached hydrogens (tertiary/aromatic N) is 3. The van der Waals surface area contributed by atoms with Gasteiger partial charge in [0.2, 0.25) is 5.91 Å². The van der Waals surface area contributed by atoms with Crippen molar-refractivity contribution < 1.29 is 9.59 Å². The van der Waals surface area contributed by atoms with E-state index in [9.17, 15) is 9.59 Å². The SMILES string of the molecule is O=C(Cc1ccccc1Cl)N1CCN(C(=O)c2cccnc2)CC1. The Morgan fingerprint density at radius 1 is 1.00 bits per heavy atom. The third kappa shape index (κ3) is 3.74. The van der Waals surface area contributed by atoms with Crippen LogP contribution in [-0.4, -0.2) is 52.8 Å². The molecule has 1 aliphatic rings. The Labute approximate surface area is 145 Å². The number of amides is 2. The number of rotatable bonds is 3. The second-order valence-corrected chi connectivity index (χ2v) is 6.09. The molecule has 24 heavy (non-hydrogen) atoms. The minimum atomic E-state index is -0.0405. The van der Waals surface area contributed by atoms with E-state index in [4.69, 9.17) is 11.6 Å². The Kier molecular flexibility index (Phi) is 5.11. The van der Waals surface area contributed by atoms with Gasteiger partial charge in [-0.2, -0.15) is 0 Å². The number of hydrogen-bond acceptors (Lipinski definition) is 3. The molecule has 0 N–H and O–H groups in total. The third-order valence-electron chi connectivity index (χ3n) is 4.13. The second-order valence-electron chi connectivity index (χ2n) is 5.68. The summed E-state index contributed by atoms with van der Waals surface area (Å²) in [6.45, 7) is 2.13. The summed E-state index contributed by atoms with van der Waals surface area (Å²) in [6.07, 6.45) is 3.50. The highest BCUT2D eigenvalue weighted by molar-refractivity contribution is 6.31. The number of carbonyl (C=O) groups excluding carboxylic acids is 2. The fraction of sp³-hybridized carbons (Fsp3) is 0.278. The number of pyridine rings is 1. The lowest BCUT2D eigenvalue weighted by atomic mass is 10.1. The molecule has 3 rings (SSSR count). The number of benzene rings is 1. The molecule has 2 heterocycles. The Balaban J connectivity index is 1.56. The van der Waals surface area contributed by atoms with Crippen LogP contribution in [0.3, 0.4) is 0 Å². The quantitative estimate of drug-likeness (QED) is 0.859. The molecule has 0 bridgehead atoms. The van der Waals surface area contributed by atoms with Crippen molar-refractivity contribution in [2.24, 2.45) is 0 Å². The van der Waals surface area contributed by atoms with Crippen molar-refractivity contribution in [3.63, 3.8) is 0 Å². The van der Waals surface area contributed by atoms with E-state index in [1.165, 1.54) is 0 Å². The molecular weight excluding hydrogens is 326 g/mol. The molecule has 1 fully saturated rings. The average Bonchev–Trinajstić information content (AvgIpc) is 2.64. The smallest absolute Gasteiger partial charge is 0.255 e. The maximum Gasteiger partial charge on any atom is 0.255 e. The first-order valence-corrected chi connectivity index (χ1v) is 8.23. The Hall–Kier alpha value is -2.40. The zero-order valence-electron chi connectivity index (χ0n) is 13.2. The highest BCUT2D eigenvalue weighted by Crippen LogP contribution is 2.17. The molecule has 2 amide bonds. The van der Waals surface area contributed by atoms with Crippen LogP contribution in [0.15, 0.2) is 48.8 Å². The van der Waals surface area contributed by atoms with Crippen molar-refractivity contribution in [3.8, 4) is 0 Å². The molecule has 0 spiro atoms. The monoisotopic (exact) mass is 343 g/mol. The predicted octanol–water partition coefficient (Wildman–Crippen LogP) is 2.26. The summed E-state index contributed by atoms with van der Waals surface area (Å²) in [6, 6.07) is 10.9. The average molecular weight is 344 g/mol. The van der Waals surface area contributed by atoms with Gasteiger partial charge in [0.25, 0.3) is 5.91 Å². The van der Waals surface area contributed by atoms with Crippen molar-refractivity contribution >= 4 is 23.4 Å². The molecule has 1 aromatic heterocycles. The number of piperazine rings is 1. The van der Waals surface area contributed by atoms with Crippen LogP contribution in [-0.2, 0) is 11.2 Å². The maximum absolute atomic E-state index is 12.4. The number of aromatic nitrogens is 1. The minimum absolute atomic E-state index is 0.0385. The van der Waals surface area contributed by atoms with Crippen molar-refractivity contribution in [1.82, 2.24) is 14.8 Å². The van der Waals surface area contributed by atoms with Gasteiger partial charge >= 0.3 is 0 Å². The lowest BCUT2D eigenvalue weighted by molar-refractivity contribution is -0.131. The van der Waals surface area contributed by atoms with Crippen LogP contribution in [0.1, 0.15) is 15.9 Å². The highest BCUT2D eigenvalue weighted by Gasteiger charge is 2.25. The van der Waals surface area contributed by atoms with Gasteiger partial charge in [0, 0.05) is 43.6 Å². The number of hydrogen-bond donors (Lipinski definition) is 0. The zero-order valence-corrected chi connectivity index (χ0v) is 13.9. The molecule has 0 atom stereocenters. The van der Waals surface area contributed by atoms with Crippen LogP contribution in [0.25, 0.3) is 0 Å². The molecule has 0 aliphatic carbocycles. The van der Waals surface area contributed by atoms with Crippen LogP contribution in [0.5, 0.6) is 0 Å². The van der Waals surface area contributed by atoms with Gasteiger partial charge in [-0.1, -0.05) is 29.8 Å². The molecule has 0 saturated carbocycles. The van der Waals surface area contributed by atoms with Crippen molar-refractivity contribution in [2.45, 2.75) is 6.42 Å². The summed E-state index contributed by atoms with van der Waals surface area (Å²) in [5, 5.41) is 0.608. The molecule has 1 aromatic carbocycles. The summed E-state index contributed by atoms with van der Waals surface area (Å²) < 4.78 is 0. The van der Waals surface area contributed by atoms with E-state index in [1.54, 1.807) is 40.4 Å². The van der Waals surface area contributed by atoms with Crippen LogP contribution >= 0.6 is 11.6 Å². The van der Waals surface area contributed by atoms with Crippen LogP contribution in [0, 0.1) is 0 Å². The van der Waals surface area contributed by atoms with E-state index >= 15 is 0 Å². The lowest BCUT2D eigenvalue weighted by Gasteiger charge is -2.35. The van der Waals surface area contributed by atoms with Gasteiger partial charge in [0.1, 0.15) is 0 Å². The van der Waals surface area contributed by atoms with Crippen molar-refractivity contribution in [1.29, 1.82) is 0 Å². The standard InChI is InChI=1S/C18H18ClN3O2/c19-16-6-2-1-4-14(16)12-17(23)21-8-10-22(11-9-21)18(24)15-5-3-7-20-13-15/h1-7,13H,8-12H2. The minimum Gasteiger partial charge on any atom is -0.339 e. The summed E-state index contributed by atoms with van der Waals surface area (Å²) >= 11 is 6.11. The first-order valence-electron chi connectivity index (χ1n) is 7.85. The molecule has 5 nitrogen and oxygen atoms in total. The fourth-order valence-electron chi connectivity index (χ4n) is 2.75. The van der Waals surface area contributed by atoms with E-state index in [0.29, 0.717) is 36.8 Å². The molecule has 0 radical (unpaired) electrons. The van der Waals surface area contributed by atoms with Gasteiger partial charge < -0.3 is 9.80 Å². The van der Waals surface area contributed by atoms with E-state index in [1.807, 2.05) is 18.2 Å². The summed E-state index contributed by atoms with van der Waals surface area (Å²) in [5.74, 6) is -0.00196. The van der Waals surface area contributed by atoms with E-state index in [0.717, 1.165) is 5.56 Å². The van der Waals surface area contributed by atoms with Gasteiger partial charge in [0.05, 0.1) is 12.0 Å². The molecule has 6 heteroatoms. The normalized spacial score (nSPS) is 14.5. The van der Waals surface area contributed by atoms with Gasteiger partial charge in [0.15, 0.2) is 0 Å². The van der Waals surface area contributed by atoms with E-state index in [2.05, 4.69) is 4.98 Å². The molecule has 2 aromatic rings. The lowest BCUT2D eigenvalue weighted by Crippen LogP contribution is -2.51. The Morgan fingerprint density at radius 2 is 1.71 bits per heavy atom. The topological polar surface area (TPSA) is 53.5 Å². The van der Waals surface area contributed by atoms with Crippen molar-refractivity contribution in [3.05, 3.63) is 64.9 Å². The summed E-state index contributed by atoms with van der Waals surface area (Å²) in [5.41, 5.74) is 1.41. The number of halogens is 1. The zero-order chi connectivity index (χ0) is 16.9. The van der Waals surface area contributed by atoms with Crippen LogP contribution in [0.4, 0.5) is 0 Å². The molecular formula is C18H18ClN3O2. The molecule has 1 saturated heterocycles. The van der Waals surface area contributed by atoms with Gasteiger partial charge in [-0.3, -0.25) is 14.6 Å². The van der Waals surface area contributed by atoms with Gasteiger partial charge in [-0.05, 0) is 23.8 Å². The van der Waals surface area contributed by atoms with E-state index < -0.39 is 0 Å². The first-order chi connectivity index (χ1) is 11.6. The fourth-order valence-corrected chi connectivity index (χ4v) is 2.95. The van der Waals surface area contributed by atoms with Gasteiger partial charge in [-0.25, -0.2) is 0 Å². The van der Waals surface area contributed by atoms with Crippen LogP contribution in [0.2, 0.25) is 5.02 Å². The predicted molar refractivity (Wildman–Crippen MR) is 91.9 cm³/mol. The van der Waals surface area contributed by atoms with E-state index in [-0.39, 0.29) is 18.2 Å². The Bertz CT molecular complexity index is 728. The summed E-state index contributed by atoms with van der Waals surface area (Å²) in [4.78, 5) is 32.3. The Morgan fingerprint density at radius 3 is 2.38 bits per heavy atom. The first kappa shape index (κ1) is 16.5. The maximum atomic E-state index is 12.4. The molecule has 124 valence electrons. The molecule has 1 aliphatic heterocycles. The molecule has 0 unspecified atom stereocenters. The van der Waals surface area contributed by atoms with Crippen LogP contribution < -0.4 is 0 Å². The highest BCUT2D eigenvalue weighted by atomic mass is 35.5. The van der Waals surface area contributed by atoms with Gasteiger partial charge in [-0.15, -0.1) is 0 Å². The summed E-state index contributed by atoms with van der Waals surface area (Å²) in [7, 11) is 0. The van der Waals surface area contributed by atoms with Crippen molar-refractivity contribution in [2.75, 3.05) is 26.2 Å². The third-order valence-corrected chi connectivity index (χ3v) is 4.50. The second kappa shape index (κ2) is 7.45.